The second-order valence-corrected chi connectivity index (χ2v) is 7.97. The minimum Gasteiger partial charge on any atom is -0.354 e. The highest BCUT2D eigenvalue weighted by Crippen LogP contribution is 2.25. The number of benzene rings is 1. The first-order valence-corrected chi connectivity index (χ1v) is 10.3. The summed E-state index contributed by atoms with van der Waals surface area (Å²) in [5.41, 5.74) is 1.76. The van der Waals surface area contributed by atoms with Crippen LogP contribution in [-0.2, 0) is 9.59 Å². The summed E-state index contributed by atoms with van der Waals surface area (Å²) in [7, 11) is 0. The highest BCUT2D eigenvalue weighted by molar-refractivity contribution is 6.30. The van der Waals surface area contributed by atoms with Crippen molar-refractivity contribution in [1.29, 1.82) is 0 Å². The van der Waals surface area contributed by atoms with E-state index in [0.717, 1.165) is 42.9 Å². The summed E-state index contributed by atoms with van der Waals surface area (Å²) in [5.74, 6) is 0.946. The van der Waals surface area contributed by atoms with Crippen molar-refractivity contribution in [2.75, 3.05) is 44.2 Å². The molecular weight excluding hydrogens is 390 g/mol. The molecule has 2 fully saturated rings. The number of rotatable bonds is 4. The van der Waals surface area contributed by atoms with Gasteiger partial charge in [0.25, 0.3) is 0 Å². The lowest BCUT2D eigenvalue weighted by molar-refractivity contribution is -0.139. The maximum Gasteiger partial charge on any atom is 0.227 e. The maximum absolute atomic E-state index is 12.9. The van der Waals surface area contributed by atoms with Crippen molar-refractivity contribution in [2.24, 2.45) is 5.92 Å². The molecule has 2 aromatic rings. The van der Waals surface area contributed by atoms with Gasteiger partial charge in [-0.3, -0.25) is 9.59 Å². The van der Waals surface area contributed by atoms with E-state index in [1.54, 1.807) is 4.90 Å². The third kappa shape index (κ3) is 4.50. The molecule has 0 N–H and O–H groups in total. The fourth-order valence-corrected chi connectivity index (χ4v) is 4.09. The number of halogens is 1. The van der Waals surface area contributed by atoms with Crippen LogP contribution in [0.5, 0.6) is 0 Å². The number of hydrogen-bond acceptors (Lipinski definition) is 5. The Balaban J connectivity index is 1.40. The molecule has 1 unspecified atom stereocenters. The normalized spacial score (nSPS) is 19.9. The van der Waals surface area contributed by atoms with Crippen molar-refractivity contribution in [3.63, 3.8) is 0 Å². The summed E-state index contributed by atoms with van der Waals surface area (Å²) in [4.78, 5) is 29.6. The Morgan fingerprint density at radius 1 is 1.00 bits per heavy atom. The molecule has 1 aromatic heterocycles. The Morgan fingerprint density at radius 2 is 1.76 bits per heavy atom. The van der Waals surface area contributed by atoms with Crippen LogP contribution in [0.3, 0.4) is 0 Å². The maximum atomic E-state index is 12.9. The van der Waals surface area contributed by atoms with E-state index in [1.807, 2.05) is 41.3 Å². The van der Waals surface area contributed by atoms with E-state index in [-0.39, 0.29) is 11.8 Å². The third-order valence-electron chi connectivity index (χ3n) is 5.66. The van der Waals surface area contributed by atoms with Crippen LogP contribution >= 0.6 is 11.6 Å². The molecule has 7 nitrogen and oxygen atoms in total. The van der Waals surface area contributed by atoms with Crippen LogP contribution in [0, 0.1) is 5.92 Å². The second kappa shape index (κ2) is 8.78. The van der Waals surface area contributed by atoms with Crippen LogP contribution in [0.2, 0.25) is 5.02 Å². The van der Waals surface area contributed by atoms with E-state index in [0.29, 0.717) is 37.7 Å². The molecule has 2 aliphatic heterocycles. The van der Waals surface area contributed by atoms with Crippen molar-refractivity contribution in [3.05, 3.63) is 41.4 Å². The van der Waals surface area contributed by atoms with Crippen molar-refractivity contribution in [3.8, 4) is 11.3 Å². The van der Waals surface area contributed by atoms with Gasteiger partial charge < -0.3 is 14.7 Å². The first-order chi connectivity index (χ1) is 14.1. The number of nitrogens with zero attached hydrogens (tertiary/aromatic N) is 5. The van der Waals surface area contributed by atoms with Gasteiger partial charge in [-0.25, -0.2) is 0 Å². The van der Waals surface area contributed by atoms with E-state index < -0.39 is 0 Å². The van der Waals surface area contributed by atoms with E-state index in [1.165, 1.54) is 0 Å². The Morgan fingerprint density at radius 3 is 2.41 bits per heavy atom. The molecule has 0 aliphatic carbocycles. The smallest absolute Gasteiger partial charge is 0.227 e. The molecule has 0 radical (unpaired) electrons. The lowest BCUT2D eigenvalue weighted by Gasteiger charge is -2.38. The van der Waals surface area contributed by atoms with Crippen LogP contribution in [0.15, 0.2) is 36.4 Å². The molecule has 2 aliphatic rings. The molecule has 0 bridgehead atoms. The standard InChI is InChI=1S/C21H24ClN5O2/c22-18-5-3-16(4-6-18)19-7-8-20(24-23-19)27-9-1-2-17(14-27)21(29)26-12-10-25(15-28)11-13-26/h3-8,15,17H,1-2,9-14H2. The number of carbonyl (C=O) groups is 2. The number of carbonyl (C=O) groups excluding carboxylic acids is 2. The average molecular weight is 414 g/mol. The molecule has 3 heterocycles. The van der Waals surface area contributed by atoms with Crippen LogP contribution in [0.4, 0.5) is 5.82 Å². The van der Waals surface area contributed by atoms with Gasteiger partial charge in [-0.2, -0.15) is 0 Å². The largest absolute Gasteiger partial charge is 0.354 e. The summed E-state index contributed by atoms with van der Waals surface area (Å²) in [5, 5.41) is 9.45. The van der Waals surface area contributed by atoms with E-state index in [2.05, 4.69) is 15.1 Å². The van der Waals surface area contributed by atoms with E-state index in [9.17, 15) is 9.59 Å². The van der Waals surface area contributed by atoms with Gasteiger partial charge >= 0.3 is 0 Å². The van der Waals surface area contributed by atoms with Crippen molar-refractivity contribution in [2.45, 2.75) is 12.8 Å². The van der Waals surface area contributed by atoms with Gasteiger partial charge in [-0.1, -0.05) is 23.7 Å². The molecule has 4 rings (SSSR count). The lowest BCUT2D eigenvalue weighted by Crippen LogP contribution is -2.52. The highest BCUT2D eigenvalue weighted by atomic mass is 35.5. The van der Waals surface area contributed by atoms with Crippen LogP contribution in [-0.4, -0.2) is 71.6 Å². The van der Waals surface area contributed by atoms with Crippen molar-refractivity contribution in [1.82, 2.24) is 20.0 Å². The van der Waals surface area contributed by atoms with Crippen LogP contribution < -0.4 is 4.90 Å². The van der Waals surface area contributed by atoms with E-state index in [4.69, 9.17) is 11.6 Å². The Labute approximate surface area is 175 Å². The predicted molar refractivity (Wildman–Crippen MR) is 112 cm³/mol. The van der Waals surface area contributed by atoms with Crippen molar-refractivity contribution >= 4 is 29.7 Å². The fourth-order valence-electron chi connectivity index (χ4n) is 3.96. The SMILES string of the molecule is O=CN1CCN(C(=O)C2CCCN(c3ccc(-c4ccc(Cl)cc4)nn3)C2)CC1. The molecular formula is C21H24ClN5O2. The number of hydrogen-bond donors (Lipinski definition) is 0. The van der Waals surface area contributed by atoms with Gasteiger partial charge in [0.1, 0.15) is 0 Å². The zero-order chi connectivity index (χ0) is 20.2. The van der Waals surface area contributed by atoms with Gasteiger partial charge in [0.05, 0.1) is 11.6 Å². The third-order valence-corrected chi connectivity index (χ3v) is 5.91. The Bertz CT molecular complexity index is 850. The average Bonchev–Trinajstić information content (AvgIpc) is 2.79. The van der Waals surface area contributed by atoms with E-state index >= 15 is 0 Å². The molecule has 29 heavy (non-hydrogen) atoms. The van der Waals surface area contributed by atoms with Gasteiger partial charge in [-0.15, -0.1) is 10.2 Å². The number of piperidine rings is 1. The molecule has 2 amide bonds. The zero-order valence-electron chi connectivity index (χ0n) is 16.2. The highest BCUT2D eigenvalue weighted by Gasteiger charge is 2.31. The first-order valence-electron chi connectivity index (χ1n) is 9.97. The second-order valence-electron chi connectivity index (χ2n) is 7.54. The molecule has 0 spiro atoms. The molecule has 152 valence electrons. The molecule has 1 aromatic carbocycles. The minimum absolute atomic E-state index is 0.0377. The van der Waals surface area contributed by atoms with Crippen molar-refractivity contribution < 1.29 is 9.59 Å². The topological polar surface area (TPSA) is 69.6 Å². The number of anilines is 1. The molecule has 1 atom stereocenters. The van der Waals surface area contributed by atoms with Crippen LogP contribution in [0.1, 0.15) is 12.8 Å². The summed E-state index contributed by atoms with van der Waals surface area (Å²) >= 11 is 5.94. The lowest BCUT2D eigenvalue weighted by atomic mass is 9.96. The fraction of sp³-hybridized carbons (Fsp3) is 0.429. The van der Waals surface area contributed by atoms with Gasteiger partial charge in [0, 0.05) is 49.9 Å². The molecule has 0 saturated carbocycles. The number of aromatic nitrogens is 2. The van der Waals surface area contributed by atoms with Crippen LogP contribution in [0.25, 0.3) is 11.3 Å². The predicted octanol–water partition coefficient (Wildman–Crippen LogP) is 2.31. The summed E-state index contributed by atoms with van der Waals surface area (Å²) in [6.45, 7) is 3.99. The van der Waals surface area contributed by atoms with Gasteiger partial charge in [0.2, 0.25) is 12.3 Å². The van der Waals surface area contributed by atoms with Gasteiger partial charge in [-0.05, 0) is 37.1 Å². The summed E-state index contributed by atoms with van der Waals surface area (Å²) in [6.07, 6.45) is 2.70. The quantitative estimate of drug-likeness (QED) is 0.719. The Hall–Kier alpha value is -2.67. The summed E-state index contributed by atoms with van der Waals surface area (Å²) in [6, 6.07) is 11.4. The Kier molecular flexibility index (Phi) is 5.94. The van der Waals surface area contributed by atoms with Gasteiger partial charge in [0.15, 0.2) is 5.82 Å². The molecule has 8 heteroatoms. The molecule has 2 saturated heterocycles. The number of amides is 2. The minimum atomic E-state index is -0.0377. The zero-order valence-corrected chi connectivity index (χ0v) is 17.0. The first kappa shape index (κ1) is 19.6. The monoisotopic (exact) mass is 413 g/mol. The number of piperazine rings is 1. The summed E-state index contributed by atoms with van der Waals surface area (Å²) < 4.78 is 0.